The van der Waals surface area contributed by atoms with Crippen LogP contribution in [0, 0.1) is 5.82 Å². The summed E-state index contributed by atoms with van der Waals surface area (Å²) in [6.07, 6.45) is -1.10. The summed E-state index contributed by atoms with van der Waals surface area (Å²) in [5, 5.41) is 28.5. The van der Waals surface area contributed by atoms with E-state index in [1.165, 1.54) is 11.0 Å². The number of hydrogen-bond donors (Lipinski definition) is 2. The highest BCUT2D eigenvalue weighted by atomic mass is 19.1. The summed E-state index contributed by atoms with van der Waals surface area (Å²) >= 11 is 0. The molecule has 3 aliphatic rings. The van der Waals surface area contributed by atoms with Gasteiger partial charge in [0, 0.05) is 31.9 Å². The van der Waals surface area contributed by atoms with Crippen molar-refractivity contribution in [1.82, 2.24) is 19.9 Å². The molecule has 0 radical (unpaired) electrons. The van der Waals surface area contributed by atoms with Gasteiger partial charge in [-0.05, 0) is 38.6 Å². The number of anilines is 2. The number of likely N-dealkylation sites (N-methyl/N-ethyl adjacent to an activating group) is 1. The highest BCUT2D eigenvalue weighted by Gasteiger charge is 2.37. The lowest BCUT2D eigenvalue weighted by atomic mass is 9.99. The molecule has 4 heterocycles. The summed E-state index contributed by atoms with van der Waals surface area (Å²) < 4.78 is 32.6. The number of amides is 1. The van der Waals surface area contributed by atoms with Crippen LogP contribution in [-0.4, -0.2) is 107 Å². The van der Waals surface area contributed by atoms with E-state index >= 15 is 0 Å². The molecular formula is C24H33FN6O6. The van der Waals surface area contributed by atoms with Crippen LogP contribution in [0.3, 0.4) is 0 Å². The van der Waals surface area contributed by atoms with Gasteiger partial charge in [-0.1, -0.05) is 5.21 Å². The van der Waals surface area contributed by atoms with Crippen molar-refractivity contribution in [2.24, 2.45) is 0 Å². The van der Waals surface area contributed by atoms with E-state index in [9.17, 15) is 19.4 Å². The quantitative estimate of drug-likeness (QED) is 0.535. The summed E-state index contributed by atoms with van der Waals surface area (Å²) in [6, 6.07) is 4.48. The second-order valence-electron chi connectivity index (χ2n) is 9.83. The normalized spacial score (nSPS) is 28.7. The molecule has 5 rings (SSSR count). The number of rotatable bonds is 7. The maximum atomic E-state index is 14.8. The summed E-state index contributed by atoms with van der Waals surface area (Å²) in [5.41, 5.74) is 1.60. The summed E-state index contributed by atoms with van der Waals surface area (Å²) in [4.78, 5) is 17.8. The van der Waals surface area contributed by atoms with Crippen molar-refractivity contribution in [3.8, 4) is 0 Å². The number of benzene rings is 1. The molecule has 1 unspecified atom stereocenters. The van der Waals surface area contributed by atoms with E-state index in [0.717, 1.165) is 0 Å². The van der Waals surface area contributed by atoms with Gasteiger partial charge in [-0.25, -0.2) is 13.9 Å². The maximum Gasteiger partial charge on any atom is 0.414 e. The van der Waals surface area contributed by atoms with Crippen molar-refractivity contribution in [1.29, 1.82) is 0 Å². The molecule has 1 amide bonds. The average Bonchev–Trinajstić information content (AvgIpc) is 3.47. The molecule has 202 valence electrons. The molecule has 3 aliphatic heterocycles. The molecule has 0 saturated carbocycles. The third-order valence-electron chi connectivity index (χ3n) is 7.05. The largest absolute Gasteiger partial charge is 0.442 e. The maximum absolute atomic E-state index is 14.8. The first kappa shape index (κ1) is 25.8. The van der Waals surface area contributed by atoms with Gasteiger partial charge in [-0.15, -0.1) is 5.10 Å². The fourth-order valence-electron chi connectivity index (χ4n) is 5.12. The fraction of sp³-hybridized carbons (Fsp3) is 0.625. The number of nitrogens with zero attached hydrogens (tertiary/aromatic N) is 6. The minimum absolute atomic E-state index is 0.175. The summed E-state index contributed by atoms with van der Waals surface area (Å²) in [7, 11) is 1.84. The second-order valence-corrected chi connectivity index (χ2v) is 9.83. The fourth-order valence-corrected chi connectivity index (χ4v) is 5.12. The van der Waals surface area contributed by atoms with Gasteiger partial charge in [-0.2, -0.15) is 0 Å². The highest BCUT2D eigenvalue weighted by molar-refractivity contribution is 5.90. The molecule has 3 saturated heterocycles. The first-order valence-electron chi connectivity index (χ1n) is 12.5. The highest BCUT2D eigenvalue weighted by Crippen LogP contribution is 2.29. The van der Waals surface area contributed by atoms with Gasteiger partial charge in [-0.3, -0.25) is 9.80 Å². The zero-order valence-corrected chi connectivity index (χ0v) is 20.9. The standard InChI is InChI=1S/C24H33FN6O6/c1-15-9-21(22(32)23(33)36-15)28(2)11-16-12-30(27-26-16)13-18-14-31(24(34)37-18)17-3-4-20(19(25)10-17)29-5-7-35-8-6-29/h3-4,10,12,15,18,21-23,32-33H,5-9,11,13-14H2,1-2H3/t15-,18+,21+,22-,23?/m1/s1. The van der Waals surface area contributed by atoms with Crippen LogP contribution < -0.4 is 9.80 Å². The van der Waals surface area contributed by atoms with Crippen LogP contribution in [0.4, 0.5) is 20.6 Å². The van der Waals surface area contributed by atoms with Gasteiger partial charge in [0.1, 0.15) is 18.0 Å². The number of aliphatic hydroxyl groups is 2. The van der Waals surface area contributed by atoms with Gasteiger partial charge in [0.25, 0.3) is 0 Å². The molecule has 3 fully saturated rings. The van der Waals surface area contributed by atoms with Gasteiger partial charge >= 0.3 is 6.09 Å². The Morgan fingerprint density at radius 1 is 1.24 bits per heavy atom. The van der Waals surface area contributed by atoms with Gasteiger partial charge in [0.05, 0.1) is 49.5 Å². The van der Waals surface area contributed by atoms with E-state index in [-0.39, 0.29) is 18.7 Å². The minimum atomic E-state index is -1.23. The van der Waals surface area contributed by atoms with Crippen molar-refractivity contribution < 1.29 is 33.6 Å². The summed E-state index contributed by atoms with van der Waals surface area (Å²) in [5.74, 6) is -0.391. The number of cyclic esters (lactones) is 1. The van der Waals surface area contributed by atoms with Crippen LogP contribution in [0.15, 0.2) is 24.4 Å². The Morgan fingerprint density at radius 3 is 2.78 bits per heavy atom. The predicted molar refractivity (Wildman–Crippen MR) is 130 cm³/mol. The number of ether oxygens (including phenoxy) is 3. The molecular weight excluding hydrogens is 487 g/mol. The SMILES string of the molecule is C[C@@H]1C[C@H](N(C)Cc2cn(C[C@H]3CN(c4ccc(N5CCOCC5)c(F)c4)C(=O)O3)nn2)[C@@H](O)C(O)O1. The lowest BCUT2D eigenvalue weighted by molar-refractivity contribution is -0.232. The molecule has 2 aromatic rings. The summed E-state index contributed by atoms with van der Waals surface area (Å²) in [6.45, 7) is 5.17. The number of aromatic nitrogens is 3. The van der Waals surface area contributed by atoms with Crippen molar-refractivity contribution in [2.45, 2.75) is 57.1 Å². The van der Waals surface area contributed by atoms with Crippen molar-refractivity contribution in [3.05, 3.63) is 35.9 Å². The zero-order valence-electron chi connectivity index (χ0n) is 20.9. The molecule has 0 aliphatic carbocycles. The molecule has 1 aromatic carbocycles. The lowest BCUT2D eigenvalue weighted by Gasteiger charge is -2.40. The Kier molecular flexibility index (Phi) is 7.58. The van der Waals surface area contributed by atoms with E-state index < -0.39 is 30.4 Å². The zero-order chi connectivity index (χ0) is 26.1. The van der Waals surface area contributed by atoms with E-state index in [1.807, 2.05) is 23.8 Å². The lowest BCUT2D eigenvalue weighted by Crippen LogP contribution is -2.53. The van der Waals surface area contributed by atoms with Gasteiger partial charge < -0.3 is 29.3 Å². The number of carbonyl (C=O) groups is 1. The molecule has 5 atom stereocenters. The number of morpholine rings is 1. The van der Waals surface area contributed by atoms with E-state index in [4.69, 9.17) is 14.2 Å². The molecule has 2 N–H and O–H groups in total. The van der Waals surface area contributed by atoms with Crippen LogP contribution in [0.5, 0.6) is 0 Å². The molecule has 1 aromatic heterocycles. The van der Waals surface area contributed by atoms with Crippen LogP contribution in [0.1, 0.15) is 19.0 Å². The Bertz CT molecular complexity index is 1100. The Hall–Kier alpha value is -2.84. The number of halogens is 1. The van der Waals surface area contributed by atoms with Crippen LogP contribution in [-0.2, 0) is 27.3 Å². The first-order valence-corrected chi connectivity index (χ1v) is 12.5. The third kappa shape index (κ3) is 5.70. The monoisotopic (exact) mass is 520 g/mol. The first-order chi connectivity index (χ1) is 17.8. The molecule has 37 heavy (non-hydrogen) atoms. The van der Waals surface area contributed by atoms with Crippen LogP contribution in [0.2, 0.25) is 0 Å². The van der Waals surface area contributed by atoms with Gasteiger partial charge in [0.15, 0.2) is 6.29 Å². The molecule has 12 nitrogen and oxygen atoms in total. The molecule has 0 bridgehead atoms. The second kappa shape index (κ2) is 10.9. The van der Waals surface area contributed by atoms with Crippen molar-refractivity contribution in [2.75, 3.05) is 49.7 Å². The van der Waals surface area contributed by atoms with E-state index in [0.29, 0.717) is 62.9 Å². The van der Waals surface area contributed by atoms with Crippen molar-refractivity contribution >= 4 is 17.5 Å². The smallest absolute Gasteiger partial charge is 0.414 e. The topological polar surface area (TPSA) is 126 Å². The van der Waals surface area contributed by atoms with Crippen molar-refractivity contribution in [3.63, 3.8) is 0 Å². The number of aliphatic hydroxyl groups excluding tert-OH is 2. The molecule has 13 heteroatoms. The average molecular weight is 521 g/mol. The third-order valence-corrected chi connectivity index (χ3v) is 7.05. The minimum Gasteiger partial charge on any atom is -0.442 e. The Labute approximate surface area is 214 Å². The van der Waals surface area contributed by atoms with Crippen LogP contribution in [0.25, 0.3) is 0 Å². The number of hydrogen-bond acceptors (Lipinski definition) is 10. The Balaban J connectivity index is 1.17. The van der Waals surface area contributed by atoms with Gasteiger partial charge in [0.2, 0.25) is 0 Å². The Morgan fingerprint density at radius 2 is 2.03 bits per heavy atom. The predicted octanol–water partition coefficient (Wildman–Crippen LogP) is 0.568. The van der Waals surface area contributed by atoms with E-state index in [1.54, 1.807) is 23.0 Å². The number of carbonyl (C=O) groups excluding carboxylic acids is 1. The van der Waals surface area contributed by atoms with Crippen LogP contribution >= 0.6 is 0 Å². The molecule has 0 spiro atoms. The van der Waals surface area contributed by atoms with E-state index in [2.05, 4.69) is 10.3 Å².